The van der Waals surface area contributed by atoms with E-state index in [-0.39, 0.29) is 34.2 Å². The van der Waals surface area contributed by atoms with Gasteiger partial charge in [0.1, 0.15) is 16.7 Å². The molecule has 1 fully saturated rings. The van der Waals surface area contributed by atoms with Crippen LogP contribution in [-0.4, -0.2) is 32.6 Å². The van der Waals surface area contributed by atoms with Crippen molar-refractivity contribution in [1.29, 1.82) is 0 Å². The lowest BCUT2D eigenvalue weighted by molar-refractivity contribution is 0.347. The molecule has 158 valence electrons. The molecule has 1 aromatic carbocycles. The first-order valence-corrected chi connectivity index (χ1v) is 10.4. The zero-order chi connectivity index (χ0) is 21.4. The topological polar surface area (TPSA) is 137 Å². The molecule has 11 heteroatoms. The highest BCUT2D eigenvalue weighted by atomic mass is 35.5. The van der Waals surface area contributed by atoms with E-state index in [1.54, 1.807) is 22.8 Å². The van der Waals surface area contributed by atoms with Crippen LogP contribution in [0.25, 0.3) is 10.9 Å². The minimum atomic E-state index is -0.415. The number of piperidine rings is 1. The van der Waals surface area contributed by atoms with E-state index in [2.05, 4.69) is 20.6 Å². The number of halogens is 2. The number of aromatic nitrogens is 4. The van der Waals surface area contributed by atoms with E-state index in [9.17, 15) is 4.79 Å². The second kappa shape index (κ2) is 8.25. The summed E-state index contributed by atoms with van der Waals surface area (Å²) < 4.78 is 1.74. The standard InChI is InChI=1S/C19H22Cl2N8O/c1-9(25-16-14(21)15(22)27-19(23)28-16)17-26-12-4-2-3-11(20)13(12)18(30)29(17)10-5-7-24-8-6-10/h2-4,9-10,24H,5-8H2,1H3,(H5,22,23,25,27,28). The average molecular weight is 449 g/mol. The molecule has 0 saturated carbocycles. The van der Waals surface area contributed by atoms with Crippen molar-refractivity contribution < 1.29 is 0 Å². The number of nitrogen functional groups attached to an aromatic ring is 2. The fraction of sp³-hybridized carbons (Fsp3) is 0.368. The summed E-state index contributed by atoms with van der Waals surface area (Å²) in [5.74, 6) is 0.924. The third-order valence-electron chi connectivity index (χ3n) is 5.21. The summed E-state index contributed by atoms with van der Waals surface area (Å²) in [4.78, 5) is 26.3. The van der Waals surface area contributed by atoms with Gasteiger partial charge in [-0.1, -0.05) is 29.3 Å². The average Bonchev–Trinajstić information content (AvgIpc) is 2.72. The first kappa shape index (κ1) is 20.6. The number of fused-ring (bicyclic) bond motifs is 1. The van der Waals surface area contributed by atoms with Crippen LogP contribution >= 0.6 is 23.2 Å². The highest BCUT2D eigenvalue weighted by Crippen LogP contribution is 2.30. The van der Waals surface area contributed by atoms with Gasteiger partial charge in [0, 0.05) is 6.04 Å². The molecule has 1 atom stereocenters. The number of benzene rings is 1. The van der Waals surface area contributed by atoms with Crippen LogP contribution in [0.4, 0.5) is 17.6 Å². The summed E-state index contributed by atoms with van der Waals surface area (Å²) in [7, 11) is 0. The van der Waals surface area contributed by atoms with Gasteiger partial charge in [-0.3, -0.25) is 9.36 Å². The maximum Gasteiger partial charge on any atom is 0.263 e. The smallest absolute Gasteiger partial charge is 0.263 e. The van der Waals surface area contributed by atoms with Crippen molar-refractivity contribution in [3.63, 3.8) is 0 Å². The quantitative estimate of drug-likeness (QED) is 0.477. The number of nitrogens with zero attached hydrogens (tertiary/aromatic N) is 4. The Morgan fingerprint density at radius 3 is 2.67 bits per heavy atom. The zero-order valence-electron chi connectivity index (χ0n) is 16.3. The van der Waals surface area contributed by atoms with Gasteiger partial charge in [0.25, 0.3) is 5.56 Å². The molecular formula is C19H22Cl2N8O. The molecule has 3 heterocycles. The van der Waals surface area contributed by atoms with Gasteiger partial charge in [0.2, 0.25) is 5.95 Å². The van der Waals surface area contributed by atoms with Gasteiger partial charge in [0.15, 0.2) is 5.82 Å². The molecule has 2 aromatic heterocycles. The monoisotopic (exact) mass is 448 g/mol. The molecule has 0 radical (unpaired) electrons. The Labute approximate surface area is 182 Å². The van der Waals surface area contributed by atoms with E-state index in [0.29, 0.717) is 21.7 Å². The Bertz CT molecular complexity index is 1160. The number of nitrogens with two attached hydrogens (primary N) is 2. The molecule has 1 saturated heterocycles. The van der Waals surface area contributed by atoms with Gasteiger partial charge in [0.05, 0.1) is 22.0 Å². The van der Waals surface area contributed by atoms with Crippen molar-refractivity contribution in [3.05, 3.63) is 44.4 Å². The molecule has 1 unspecified atom stereocenters. The van der Waals surface area contributed by atoms with Crippen LogP contribution in [0, 0.1) is 0 Å². The van der Waals surface area contributed by atoms with Crippen LogP contribution in [0.2, 0.25) is 10.0 Å². The van der Waals surface area contributed by atoms with Crippen molar-refractivity contribution in [3.8, 4) is 0 Å². The van der Waals surface area contributed by atoms with Crippen molar-refractivity contribution in [2.45, 2.75) is 31.8 Å². The van der Waals surface area contributed by atoms with E-state index < -0.39 is 6.04 Å². The molecule has 3 aromatic rings. The first-order chi connectivity index (χ1) is 14.4. The van der Waals surface area contributed by atoms with Gasteiger partial charge in [-0.15, -0.1) is 0 Å². The second-order valence-corrected chi connectivity index (χ2v) is 8.04. The molecule has 0 spiro atoms. The number of anilines is 3. The van der Waals surface area contributed by atoms with E-state index in [1.807, 2.05) is 6.92 Å². The third kappa shape index (κ3) is 3.76. The number of hydrogen-bond donors (Lipinski definition) is 4. The second-order valence-electron chi connectivity index (χ2n) is 7.26. The fourth-order valence-corrected chi connectivity index (χ4v) is 4.18. The molecule has 0 bridgehead atoms. The van der Waals surface area contributed by atoms with E-state index in [1.165, 1.54) is 0 Å². The van der Waals surface area contributed by atoms with Crippen LogP contribution in [0.3, 0.4) is 0 Å². The molecule has 30 heavy (non-hydrogen) atoms. The predicted molar refractivity (Wildman–Crippen MR) is 120 cm³/mol. The first-order valence-electron chi connectivity index (χ1n) is 9.63. The summed E-state index contributed by atoms with van der Waals surface area (Å²) in [5, 5.41) is 7.47. The predicted octanol–water partition coefficient (Wildman–Crippen LogP) is 2.76. The van der Waals surface area contributed by atoms with Gasteiger partial charge in [-0.2, -0.15) is 9.97 Å². The third-order valence-corrected chi connectivity index (χ3v) is 5.90. The van der Waals surface area contributed by atoms with Gasteiger partial charge < -0.3 is 22.1 Å². The summed E-state index contributed by atoms with van der Waals surface area (Å²) in [6, 6.07) is 4.84. The fourth-order valence-electron chi connectivity index (χ4n) is 3.79. The Balaban J connectivity index is 1.85. The SMILES string of the molecule is CC(Nc1nc(N)nc(N)c1Cl)c1nc2cccc(Cl)c2c(=O)n1C1CCNCC1. The van der Waals surface area contributed by atoms with Gasteiger partial charge in [-0.05, 0) is 45.0 Å². The van der Waals surface area contributed by atoms with E-state index in [0.717, 1.165) is 25.9 Å². The Hall–Kier alpha value is -2.62. The maximum atomic E-state index is 13.5. The number of hydrogen-bond acceptors (Lipinski definition) is 8. The highest BCUT2D eigenvalue weighted by Gasteiger charge is 2.25. The lowest BCUT2D eigenvalue weighted by atomic mass is 10.0. The largest absolute Gasteiger partial charge is 0.382 e. The molecule has 4 rings (SSSR count). The minimum absolute atomic E-state index is 0.000554. The lowest BCUT2D eigenvalue weighted by Crippen LogP contribution is -2.37. The summed E-state index contributed by atoms with van der Waals surface area (Å²) >= 11 is 12.6. The van der Waals surface area contributed by atoms with Gasteiger partial charge in [-0.25, -0.2) is 4.98 Å². The molecular weight excluding hydrogens is 427 g/mol. The molecule has 0 amide bonds. The molecule has 0 aliphatic carbocycles. The van der Waals surface area contributed by atoms with Crippen molar-refractivity contribution in [2.75, 3.05) is 29.9 Å². The zero-order valence-corrected chi connectivity index (χ0v) is 17.8. The van der Waals surface area contributed by atoms with Crippen LogP contribution in [0.15, 0.2) is 23.0 Å². The van der Waals surface area contributed by atoms with Crippen molar-refractivity contribution in [2.24, 2.45) is 0 Å². The van der Waals surface area contributed by atoms with Crippen molar-refractivity contribution in [1.82, 2.24) is 24.8 Å². The molecule has 1 aliphatic heterocycles. The van der Waals surface area contributed by atoms with E-state index >= 15 is 0 Å². The lowest BCUT2D eigenvalue weighted by Gasteiger charge is -2.29. The van der Waals surface area contributed by atoms with E-state index in [4.69, 9.17) is 39.7 Å². The van der Waals surface area contributed by atoms with Crippen LogP contribution in [-0.2, 0) is 0 Å². The van der Waals surface area contributed by atoms with Crippen LogP contribution < -0.4 is 27.7 Å². The molecule has 6 N–H and O–H groups in total. The summed E-state index contributed by atoms with van der Waals surface area (Å²) in [6.07, 6.45) is 1.62. The number of rotatable bonds is 4. The molecule has 9 nitrogen and oxygen atoms in total. The van der Waals surface area contributed by atoms with Crippen LogP contribution in [0.1, 0.15) is 37.7 Å². The molecule has 1 aliphatic rings. The maximum absolute atomic E-state index is 13.5. The normalized spacial score (nSPS) is 16.0. The Morgan fingerprint density at radius 1 is 1.20 bits per heavy atom. The Kier molecular flexibility index (Phi) is 5.68. The minimum Gasteiger partial charge on any atom is -0.382 e. The summed E-state index contributed by atoms with van der Waals surface area (Å²) in [6.45, 7) is 3.52. The van der Waals surface area contributed by atoms with Crippen molar-refractivity contribution >= 4 is 51.7 Å². The highest BCUT2D eigenvalue weighted by molar-refractivity contribution is 6.35. The van der Waals surface area contributed by atoms with Crippen LogP contribution in [0.5, 0.6) is 0 Å². The number of nitrogens with one attached hydrogen (secondary N) is 2. The Morgan fingerprint density at radius 2 is 1.93 bits per heavy atom. The summed E-state index contributed by atoms with van der Waals surface area (Å²) in [5.41, 5.74) is 11.9. The van der Waals surface area contributed by atoms with Gasteiger partial charge >= 0.3 is 0 Å².